The zero-order valence-electron chi connectivity index (χ0n) is 38.4. The molecule has 64 heavy (non-hydrogen) atoms. The van der Waals surface area contributed by atoms with Gasteiger partial charge < -0.3 is 37.9 Å². The summed E-state index contributed by atoms with van der Waals surface area (Å²) in [4.78, 5) is 71.8. The number of rotatable bonds is 42. The van der Waals surface area contributed by atoms with Crippen LogP contribution in [0.25, 0.3) is 0 Å². The fourth-order valence-corrected chi connectivity index (χ4v) is 6.19. The standard InChI is InChI=1S/C50H74O14/c1-10-41(7)60-37-50(38-63-47(55)14-5,39-64-48(56)27-20-17-23-34-59-45(53)12-3)30-24-29-49(36-62-46(54)13-4,31-28-40(6)25-18-15-21-32-57-43(9)51)35-61-42(8)26-19-16-22-33-58-44(52)11-2/h10-14H,1-8,15-39H2,9H3. The quantitative estimate of drug-likeness (QED) is 0.0108. The molecule has 0 radical (unpaired) electrons. The molecular formula is C50H74O14. The van der Waals surface area contributed by atoms with Gasteiger partial charge in [0.25, 0.3) is 0 Å². The van der Waals surface area contributed by atoms with E-state index in [1.54, 1.807) is 0 Å². The third-order valence-corrected chi connectivity index (χ3v) is 10.1. The van der Waals surface area contributed by atoms with Crippen LogP contribution in [-0.4, -0.2) is 88.7 Å². The first-order valence-corrected chi connectivity index (χ1v) is 22.0. The van der Waals surface area contributed by atoms with Gasteiger partial charge in [0.1, 0.15) is 32.2 Å². The number of carbonyl (C=O) groups is 6. The molecule has 0 aromatic carbocycles. The van der Waals surface area contributed by atoms with E-state index in [-0.39, 0.29) is 64.4 Å². The Bertz CT molecular complexity index is 1530. The Labute approximate surface area is 381 Å². The summed E-state index contributed by atoms with van der Waals surface area (Å²) in [6.07, 6.45) is 15.8. The molecule has 0 aliphatic rings. The minimum absolute atomic E-state index is 0.0144. The summed E-state index contributed by atoms with van der Waals surface area (Å²) in [7, 11) is 0. The lowest BCUT2D eigenvalue weighted by Crippen LogP contribution is -2.40. The lowest BCUT2D eigenvalue weighted by atomic mass is 9.76. The van der Waals surface area contributed by atoms with E-state index in [1.165, 1.54) is 13.0 Å². The lowest BCUT2D eigenvalue weighted by molar-refractivity contribution is -0.155. The van der Waals surface area contributed by atoms with Crippen LogP contribution in [0.15, 0.2) is 100 Å². The second-order valence-corrected chi connectivity index (χ2v) is 15.7. The van der Waals surface area contributed by atoms with Crippen LogP contribution in [0.1, 0.15) is 116 Å². The van der Waals surface area contributed by atoms with E-state index in [9.17, 15) is 28.8 Å². The topological polar surface area (TPSA) is 176 Å². The molecule has 0 aromatic heterocycles. The molecule has 0 aliphatic carbocycles. The molecule has 2 unspecified atom stereocenters. The van der Waals surface area contributed by atoms with Crippen molar-refractivity contribution in [1.82, 2.24) is 0 Å². The van der Waals surface area contributed by atoms with Crippen molar-refractivity contribution < 1.29 is 66.7 Å². The van der Waals surface area contributed by atoms with Crippen LogP contribution in [0.3, 0.4) is 0 Å². The van der Waals surface area contributed by atoms with Gasteiger partial charge in [0.15, 0.2) is 0 Å². The molecule has 0 fully saturated rings. The van der Waals surface area contributed by atoms with Gasteiger partial charge in [-0.15, -0.1) is 0 Å². The van der Waals surface area contributed by atoms with Crippen molar-refractivity contribution in [3.8, 4) is 0 Å². The highest BCUT2D eigenvalue weighted by Gasteiger charge is 2.38. The summed E-state index contributed by atoms with van der Waals surface area (Å²) in [6, 6.07) is 0. The van der Waals surface area contributed by atoms with Crippen LogP contribution >= 0.6 is 0 Å². The highest BCUT2D eigenvalue weighted by Crippen LogP contribution is 2.38. The van der Waals surface area contributed by atoms with Gasteiger partial charge in [0, 0.05) is 49.5 Å². The van der Waals surface area contributed by atoms with E-state index in [4.69, 9.17) is 37.9 Å². The molecule has 358 valence electrons. The zero-order valence-corrected chi connectivity index (χ0v) is 38.4. The van der Waals surface area contributed by atoms with Gasteiger partial charge in [0.2, 0.25) is 0 Å². The highest BCUT2D eigenvalue weighted by molar-refractivity contribution is 5.82. The van der Waals surface area contributed by atoms with Gasteiger partial charge in [-0.25, -0.2) is 19.2 Å². The Morgan fingerprint density at radius 1 is 0.406 bits per heavy atom. The normalized spacial score (nSPS) is 12.3. The Balaban J connectivity index is 6.39. The smallest absolute Gasteiger partial charge is 0.330 e. The van der Waals surface area contributed by atoms with E-state index in [2.05, 4.69) is 52.6 Å². The second-order valence-electron chi connectivity index (χ2n) is 15.7. The highest BCUT2D eigenvalue weighted by atomic mass is 16.6. The fourth-order valence-electron chi connectivity index (χ4n) is 6.19. The van der Waals surface area contributed by atoms with Crippen molar-refractivity contribution in [3.05, 3.63) is 100 Å². The van der Waals surface area contributed by atoms with Crippen molar-refractivity contribution in [3.63, 3.8) is 0 Å². The van der Waals surface area contributed by atoms with Crippen LogP contribution in [-0.2, 0) is 66.7 Å². The maximum atomic E-state index is 13.0. The summed E-state index contributed by atoms with van der Waals surface area (Å²) >= 11 is 0. The van der Waals surface area contributed by atoms with E-state index >= 15 is 0 Å². The monoisotopic (exact) mass is 899 g/mol. The minimum Gasteiger partial charge on any atom is -0.498 e. The third kappa shape index (κ3) is 30.4. The Morgan fingerprint density at radius 2 is 0.844 bits per heavy atom. The van der Waals surface area contributed by atoms with E-state index in [0.717, 1.165) is 68.4 Å². The van der Waals surface area contributed by atoms with E-state index in [1.807, 2.05) is 0 Å². The Morgan fingerprint density at radius 3 is 1.38 bits per heavy atom. The molecule has 0 aromatic rings. The molecule has 0 rings (SSSR count). The predicted molar refractivity (Wildman–Crippen MR) is 245 cm³/mol. The molecule has 14 heteroatoms. The largest absolute Gasteiger partial charge is 0.498 e. The SMILES string of the molecule is C=CC(=C)OCC(CCCC(CCC(=C)CCCCCOC(C)=O)(COC(=C)CCCCCOC(=O)C=C)COC(=O)C=C)(COC(=O)C=C)COC(=O)CCCCCOC(=O)C=C. The summed E-state index contributed by atoms with van der Waals surface area (Å²) in [5.74, 6) is -2.22. The molecule has 0 amide bonds. The van der Waals surface area contributed by atoms with Crippen LogP contribution in [0.2, 0.25) is 0 Å². The summed E-state index contributed by atoms with van der Waals surface area (Å²) in [5.41, 5.74) is -0.817. The van der Waals surface area contributed by atoms with E-state index < -0.39 is 40.7 Å². The summed E-state index contributed by atoms with van der Waals surface area (Å²) in [5, 5.41) is 0. The molecule has 2 atom stereocenters. The maximum Gasteiger partial charge on any atom is 0.330 e. The molecule has 0 N–H and O–H groups in total. The van der Waals surface area contributed by atoms with Gasteiger partial charge in [-0.1, -0.05) is 64.6 Å². The van der Waals surface area contributed by atoms with Crippen molar-refractivity contribution in [2.24, 2.45) is 10.8 Å². The molecular weight excluding hydrogens is 825 g/mol. The Hall–Kier alpha value is -5.66. The number of hydrogen-bond donors (Lipinski definition) is 0. The first kappa shape index (κ1) is 58.3. The first-order chi connectivity index (χ1) is 30.6. The van der Waals surface area contributed by atoms with Gasteiger partial charge in [-0.3, -0.25) is 9.59 Å². The van der Waals surface area contributed by atoms with Crippen molar-refractivity contribution in [2.45, 2.75) is 116 Å². The average Bonchev–Trinajstić information content (AvgIpc) is 3.29. The molecule has 0 spiro atoms. The van der Waals surface area contributed by atoms with Crippen LogP contribution in [0.4, 0.5) is 0 Å². The van der Waals surface area contributed by atoms with Gasteiger partial charge in [-0.05, 0) is 96.0 Å². The number of ether oxygens (including phenoxy) is 8. The molecule has 0 heterocycles. The molecule has 0 bridgehead atoms. The number of carbonyl (C=O) groups excluding carboxylic acids is 6. The molecule has 0 saturated carbocycles. The maximum absolute atomic E-state index is 13.0. The number of esters is 6. The third-order valence-electron chi connectivity index (χ3n) is 10.1. The summed E-state index contributed by atoms with van der Waals surface area (Å²) in [6.45, 7) is 31.9. The van der Waals surface area contributed by atoms with Crippen LogP contribution in [0, 0.1) is 10.8 Å². The lowest BCUT2D eigenvalue weighted by Gasteiger charge is -2.37. The van der Waals surface area contributed by atoms with Crippen molar-refractivity contribution in [2.75, 3.05) is 52.9 Å². The van der Waals surface area contributed by atoms with Crippen LogP contribution < -0.4 is 0 Å². The molecule has 14 nitrogen and oxygen atoms in total. The average molecular weight is 899 g/mol. The molecule has 0 aliphatic heterocycles. The number of hydrogen-bond acceptors (Lipinski definition) is 14. The van der Waals surface area contributed by atoms with Gasteiger partial charge >= 0.3 is 35.8 Å². The minimum atomic E-state index is -1.05. The predicted octanol–water partition coefficient (Wildman–Crippen LogP) is 9.42. The first-order valence-electron chi connectivity index (χ1n) is 22.0. The molecule has 0 saturated heterocycles. The van der Waals surface area contributed by atoms with Crippen molar-refractivity contribution in [1.29, 1.82) is 0 Å². The zero-order chi connectivity index (χ0) is 48.1. The second kappa shape index (κ2) is 35.8. The summed E-state index contributed by atoms with van der Waals surface area (Å²) < 4.78 is 44.5. The number of unbranched alkanes of at least 4 members (excludes halogenated alkanes) is 6. The van der Waals surface area contributed by atoms with Crippen LogP contribution in [0.5, 0.6) is 0 Å². The van der Waals surface area contributed by atoms with Gasteiger partial charge in [0.05, 0.1) is 37.6 Å². The number of allylic oxidation sites excluding steroid dienone is 3. The fraction of sp³-hybridized carbons (Fsp3) is 0.560. The van der Waals surface area contributed by atoms with Gasteiger partial charge in [-0.2, -0.15) is 0 Å². The Kier molecular flexibility index (Phi) is 32.6. The van der Waals surface area contributed by atoms with Crippen molar-refractivity contribution >= 4 is 35.8 Å². The van der Waals surface area contributed by atoms with E-state index in [0.29, 0.717) is 76.6 Å².